The van der Waals surface area contributed by atoms with Gasteiger partial charge in [-0.3, -0.25) is 0 Å². The second kappa shape index (κ2) is 7.11. The molecule has 2 aromatic rings. The number of halogens is 2. The highest BCUT2D eigenvalue weighted by Gasteiger charge is 2.21. The Bertz CT molecular complexity index is 574. The van der Waals surface area contributed by atoms with E-state index in [1.807, 2.05) is 0 Å². The summed E-state index contributed by atoms with van der Waals surface area (Å²) in [4.78, 5) is 0. The Morgan fingerprint density at radius 1 is 0.750 bits per heavy atom. The minimum atomic E-state index is -3.72. The molecule has 2 nitrogen and oxygen atoms in total. The fourth-order valence-electron chi connectivity index (χ4n) is 1.88. The van der Waals surface area contributed by atoms with Gasteiger partial charge in [-0.25, -0.2) is 0 Å². The molecule has 2 rings (SSSR count). The summed E-state index contributed by atoms with van der Waals surface area (Å²) < 4.78 is 18.3. The molecule has 0 aliphatic carbocycles. The summed E-state index contributed by atoms with van der Waals surface area (Å²) in [5, 5.41) is 0. The molecule has 0 spiro atoms. The van der Waals surface area contributed by atoms with Gasteiger partial charge in [0, 0.05) is 26.8 Å². The third-order valence-corrected chi connectivity index (χ3v) is 2.99. The van der Waals surface area contributed by atoms with E-state index in [-0.39, 0.29) is 5.41 Å². The fourth-order valence-corrected chi connectivity index (χ4v) is 1.88. The summed E-state index contributed by atoms with van der Waals surface area (Å²) in [6.45, 7) is 4.52. The van der Waals surface area contributed by atoms with Crippen molar-refractivity contribution in [3.63, 3.8) is 0 Å². The van der Waals surface area contributed by atoms with Crippen LogP contribution in [0.25, 0.3) is 0 Å². The first-order valence-corrected chi connectivity index (χ1v) is 9.10. The number of rotatable bonds is 2. The Balaban J connectivity index is 0.000000347. The van der Waals surface area contributed by atoms with Crippen LogP contribution in [0.2, 0.25) is 0 Å². The van der Waals surface area contributed by atoms with Crippen LogP contribution in [-0.4, -0.2) is 8.42 Å². The van der Waals surface area contributed by atoms with Crippen molar-refractivity contribution in [3.05, 3.63) is 71.8 Å². The second-order valence-electron chi connectivity index (χ2n) is 4.74. The van der Waals surface area contributed by atoms with Crippen LogP contribution in [-0.2, 0) is 13.7 Å². The zero-order chi connectivity index (χ0) is 15.2. The highest BCUT2D eigenvalue weighted by Crippen LogP contribution is 2.30. The minimum Gasteiger partial charge on any atom is -0.195 e. The number of hydrogen-bond acceptors (Lipinski definition) is 2. The molecule has 2 aromatic carbocycles. The molecule has 0 aromatic heterocycles. The SMILES string of the molecule is CC(C)(c1ccccc1)c1ccccc1.O=S(=O)(Cl)Cl. The third kappa shape index (κ3) is 5.95. The maximum atomic E-state index is 9.16. The topological polar surface area (TPSA) is 34.1 Å². The maximum absolute atomic E-state index is 9.16. The van der Waals surface area contributed by atoms with Crippen molar-refractivity contribution in [1.82, 2.24) is 0 Å². The van der Waals surface area contributed by atoms with Crippen molar-refractivity contribution in [2.75, 3.05) is 0 Å². The minimum absolute atomic E-state index is 0.0858. The van der Waals surface area contributed by atoms with E-state index in [1.165, 1.54) is 11.1 Å². The summed E-state index contributed by atoms with van der Waals surface area (Å²) in [6.07, 6.45) is 0. The lowest BCUT2D eigenvalue weighted by atomic mass is 9.78. The summed E-state index contributed by atoms with van der Waals surface area (Å²) in [7, 11) is 4.81. The second-order valence-corrected chi connectivity index (χ2v) is 8.40. The van der Waals surface area contributed by atoms with E-state index < -0.39 is 8.26 Å². The van der Waals surface area contributed by atoms with Crippen LogP contribution < -0.4 is 0 Å². The lowest BCUT2D eigenvalue weighted by Crippen LogP contribution is -2.18. The molecule has 20 heavy (non-hydrogen) atoms. The van der Waals surface area contributed by atoms with Gasteiger partial charge >= 0.3 is 8.26 Å². The van der Waals surface area contributed by atoms with Gasteiger partial charge in [-0.2, -0.15) is 8.42 Å². The van der Waals surface area contributed by atoms with E-state index in [4.69, 9.17) is 8.42 Å². The van der Waals surface area contributed by atoms with Crippen LogP contribution in [0.5, 0.6) is 0 Å². The smallest absolute Gasteiger partial charge is 0.195 e. The molecule has 0 atom stereocenters. The normalized spacial score (nSPS) is 11.4. The highest BCUT2D eigenvalue weighted by atomic mass is 36.0. The Labute approximate surface area is 129 Å². The van der Waals surface area contributed by atoms with Gasteiger partial charge in [0.1, 0.15) is 0 Å². The Hall–Kier alpha value is -1.03. The molecule has 0 heterocycles. The van der Waals surface area contributed by atoms with Gasteiger partial charge in [-0.05, 0) is 11.1 Å². The molecule has 0 unspecified atom stereocenters. The predicted molar refractivity (Wildman–Crippen MR) is 85.6 cm³/mol. The van der Waals surface area contributed by atoms with Crippen LogP contribution >= 0.6 is 21.4 Å². The van der Waals surface area contributed by atoms with Crippen molar-refractivity contribution in [2.45, 2.75) is 19.3 Å². The molecule has 0 aliphatic heterocycles. The summed E-state index contributed by atoms with van der Waals surface area (Å²) >= 11 is 0. The monoisotopic (exact) mass is 330 g/mol. The lowest BCUT2D eigenvalue weighted by Gasteiger charge is -2.25. The van der Waals surface area contributed by atoms with Crippen LogP contribution in [0.4, 0.5) is 0 Å². The van der Waals surface area contributed by atoms with Crippen LogP contribution in [0.3, 0.4) is 0 Å². The summed E-state index contributed by atoms with van der Waals surface area (Å²) in [5.74, 6) is 0. The van der Waals surface area contributed by atoms with Crippen molar-refractivity contribution >= 4 is 29.6 Å². The standard InChI is InChI=1S/C15H16.Cl2O2S/c1-15(2,13-9-5-3-6-10-13)14-11-7-4-8-12-14;1-5(2,3)4/h3-12H,1-2H3;. The largest absolute Gasteiger partial charge is 0.317 e. The van der Waals surface area contributed by atoms with Crippen molar-refractivity contribution in [3.8, 4) is 0 Å². The zero-order valence-electron chi connectivity index (χ0n) is 11.3. The maximum Gasteiger partial charge on any atom is 0.317 e. The molecule has 0 saturated heterocycles. The van der Waals surface area contributed by atoms with Gasteiger partial charge in [0.2, 0.25) is 0 Å². The fraction of sp³-hybridized carbons (Fsp3) is 0.200. The lowest BCUT2D eigenvalue weighted by molar-refractivity contribution is 0.621. The summed E-state index contributed by atoms with van der Waals surface area (Å²) in [6, 6.07) is 21.3. The van der Waals surface area contributed by atoms with Gasteiger partial charge in [0.05, 0.1) is 0 Å². The molecular weight excluding hydrogens is 315 g/mol. The van der Waals surface area contributed by atoms with E-state index in [2.05, 4.69) is 95.9 Å². The Kier molecular flexibility index (Phi) is 6.06. The first-order chi connectivity index (χ1) is 9.21. The molecule has 108 valence electrons. The van der Waals surface area contributed by atoms with Crippen molar-refractivity contribution in [2.24, 2.45) is 0 Å². The molecule has 0 fully saturated rings. The Morgan fingerprint density at radius 3 is 1.25 bits per heavy atom. The van der Waals surface area contributed by atoms with Crippen molar-refractivity contribution < 1.29 is 8.42 Å². The highest BCUT2D eigenvalue weighted by molar-refractivity contribution is 8.31. The van der Waals surface area contributed by atoms with E-state index in [1.54, 1.807) is 0 Å². The van der Waals surface area contributed by atoms with Crippen LogP contribution in [0, 0.1) is 0 Å². The molecule has 0 bridgehead atoms. The molecule has 0 radical (unpaired) electrons. The van der Waals surface area contributed by atoms with E-state index in [0.717, 1.165) is 0 Å². The number of benzene rings is 2. The van der Waals surface area contributed by atoms with E-state index in [9.17, 15) is 0 Å². The average molecular weight is 331 g/mol. The first-order valence-electron chi connectivity index (χ1n) is 5.96. The van der Waals surface area contributed by atoms with E-state index in [0.29, 0.717) is 0 Å². The average Bonchev–Trinajstić information content (AvgIpc) is 2.39. The van der Waals surface area contributed by atoms with Crippen molar-refractivity contribution in [1.29, 1.82) is 0 Å². The first kappa shape index (κ1) is 17.0. The van der Waals surface area contributed by atoms with Gasteiger partial charge in [-0.1, -0.05) is 74.5 Å². The molecular formula is C15H16Cl2O2S. The van der Waals surface area contributed by atoms with Crippen LogP contribution in [0.15, 0.2) is 60.7 Å². The quantitative estimate of drug-likeness (QED) is 0.746. The van der Waals surface area contributed by atoms with Crippen LogP contribution in [0.1, 0.15) is 25.0 Å². The molecule has 0 aliphatic rings. The third-order valence-electron chi connectivity index (χ3n) is 2.99. The molecule has 0 saturated carbocycles. The Morgan fingerprint density at radius 2 is 1.00 bits per heavy atom. The summed E-state index contributed by atoms with van der Waals surface area (Å²) in [5.41, 5.74) is 2.80. The zero-order valence-corrected chi connectivity index (χ0v) is 13.6. The number of hydrogen-bond donors (Lipinski definition) is 0. The molecule has 0 N–H and O–H groups in total. The molecule has 5 heteroatoms. The van der Waals surface area contributed by atoms with Gasteiger partial charge in [0.15, 0.2) is 0 Å². The van der Waals surface area contributed by atoms with Gasteiger partial charge < -0.3 is 0 Å². The van der Waals surface area contributed by atoms with Gasteiger partial charge in [-0.15, -0.1) is 0 Å². The molecule has 0 amide bonds. The predicted octanol–water partition coefficient (Wildman–Crippen LogP) is 4.72. The van der Waals surface area contributed by atoms with E-state index >= 15 is 0 Å². The van der Waals surface area contributed by atoms with Gasteiger partial charge in [0.25, 0.3) is 0 Å².